The predicted octanol–water partition coefficient (Wildman–Crippen LogP) is 2.87. The van der Waals surface area contributed by atoms with Crippen LogP contribution < -0.4 is 5.73 Å². The molecule has 2 rings (SSSR count). The Morgan fingerprint density at radius 2 is 1.90 bits per heavy atom. The number of amides is 1. The van der Waals surface area contributed by atoms with E-state index in [0.717, 1.165) is 6.07 Å². The summed E-state index contributed by atoms with van der Waals surface area (Å²) in [6.07, 6.45) is -3.28. The summed E-state index contributed by atoms with van der Waals surface area (Å²) in [5.41, 5.74) is 4.58. The maximum absolute atomic E-state index is 13.0. The first-order chi connectivity index (χ1) is 9.29. The van der Waals surface area contributed by atoms with Crippen molar-refractivity contribution in [1.82, 2.24) is 4.90 Å². The monoisotopic (exact) mass is 398 g/mol. The van der Waals surface area contributed by atoms with E-state index in [4.69, 9.17) is 5.73 Å². The van der Waals surface area contributed by atoms with E-state index < -0.39 is 17.6 Å². The third-order valence-electron chi connectivity index (χ3n) is 3.34. The lowest BCUT2D eigenvalue weighted by Crippen LogP contribution is -2.43. The zero-order chi connectivity index (χ0) is 14.9. The molecule has 1 aliphatic heterocycles. The van der Waals surface area contributed by atoms with Crippen molar-refractivity contribution in [2.75, 3.05) is 13.1 Å². The minimum absolute atomic E-state index is 0.0258. The van der Waals surface area contributed by atoms with E-state index in [1.54, 1.807) is 22.6 Å². The highest BCUT2D eigenvalue weighted by Crippen LogP contribution is 2.33. The quantitative estimate of drug-likeness (QED) is 0.740. The predicted molar refractivity (Wildman–Crippen MR) is 77.3 cm³/mol. The van der Waals surface area contributed by atoms with E-state index in [9.17, 15) is 18.0 Å². The number of carbonyl (C=O) groups is 1. The molecule has 1 heterocycles. The molecule has 0 unspecified atom stereocenters. The van der Waals surface area contributed by atoms with Gasteiger partial charge in [0, 0.05) is 22.7 Å². The molecule has 0 aliphatic carbocycles. The van der Waals surface area contributed by atoms with Crippen molar-refractivity contribution in [3.8, 4) is 0 Å². The summed E-state index contributed by atoms with van der Waals surface area (Å²) >= 11 is 1.80. The van der Waals surface area contributed by atoms with Gasteiger partial charge in [0.15, 0.2) is 0 Å². The standard InChI is InChI=1S/C13H14F3IN2O/c14-13(15,16)11-7-8(17)1-2-10(11)12(20)19-5-3-9(18)4-6-19/h1-2,7,9H,3-6,18H2. The van der Waals surface area contributed by atoms with E-state index in [2.05, 4.69) is 0 Å². The highest BCUT2D eigenvalue weighted by molar-refractivity contribution is 14.1. The molecule has 110 valence electrons. The maximum atomic E-state index is 13.0. The third-order valence-corrected chi connectivity index (χ3v) is 4.02. The molecule has 2 N–H and O–H groups in total. The molecule has 1 saturated heterocycles. The largest absolute Gasteiger partial charge is 0.417 e. The summed E-state index contributed by atoms with van der Waals surface area (Å²) < 4.78 is 39.5. The molecule has 1 aromatic carbocycles. The van der Waals surface area contributed by atoms with Gasteiger partial charge in [-0.05, 0) is 53.6 Å². The summed E-state index contributed by atoms with van der Waals surface area (Å²) in [5.74, 6) is -0.569. The Hall–Kier alpha value is -0.830. The molecular weight excluding hydrogens is 384 g/mol. The lowest BCUT2D eigenvalue weighted by atomic mass is 10.0. The van der Waals surface area contributed by atoms with Gasteiger partial charge in [0.1, 0.15) is 0 Å². The fraction of sp³-hybridized carbons (Fsp3) is 0.462. The van der Waals surface area contributed by atoms with Crippen LogP contribution in [-0.4, -0.2) is 29.9 Å². The van der Waals surface area contributed by atoms with Crippen LogP contribution in [0.25, 0.3) is 0 Å². The Kier molecular flexibility index (Phi) is 4.58. The van der Waals surface area contributed by atoms with E-state index in [0.29, 0.717) is 29.5 Å². The summed E-state index contributed by atoms with van der Waals surface area (Å²) in [6, 6.07) is 3.79. The Morgan fingerprint density at radius 3 is 2.45 bits per heavy atom. The highest BCUT2D eigenvalue weighted by atomic mass is 127. The number of carbonyl (C=O) groups excluding carboxylic acids is 1. The van der Waals surface area contributed by atoms with Gasteiger partial charge >= 0.3 is 6.18 Å². The number of nitrogens with two attached hydrogens (primary N) is 1. The summed E-state index contributed by atoms with van der Waals surface area (Å²) in [7, 11) is 0. The summed E-state index contributed by atoms with van der Waals surface area (Å²) in [6.45, 7) is 0.812. The molecule has 0 bridgehead atoms. The van der Waals surface area contributed by atoms with Crippen LogP contribution in [0.15, 0.2) is 18.2 Å². The Balaban J connectivity index is 2.30. The zero-order valence-electron chi connectivity index (χ0n) is 10.6. The zero-order valence-corrected chi connectivity index (χ0v) is 12.7. The van der Waals surface area contributed by atoms with Crippen LogP contribution in [-0.2, 0) is 6.18 Å². The van der Waals surface area contributed by atoms with Crippen LogP contribution in [0.3, 0.4) is 0 Å². The molecule has 0 atom stereocenters. The van der Waals surface area contributed by atoms with Gasteiger partial charge in [-0.2, -0.15) is 13.2 Å². The first-order valence-electron chi connectivity index (χ1n) is 6.20. The van der Waals surface area contributed by atoms with Crippen LogP contribution in [0.4, 0.5) is 13.2 Å². The number of hydrogen-bond donors (Lipinski definition) is 1. The van der Waals surface area contributed by atoms with Crippen LogP contribution in [0.5, 0.6) is 0 Å². The first-order valence-corrected chi connectivity index (χ1v) is 7.28. The molecule has 0 radical (unpaired) electrons. The second-order valence-corrected chi connectivity index (χ2v) is 6.06. The smallest absolute Gasteiger partial charge is 0.339 e. The fourth-order valence-electron chi connectivity index (χ4n) is 2.21. The molecule has 1 aromatic rings. The van der Waals surface area contributed by atoms with Crippen molar-refractivity contribution in [2.45, 2.75) is 25.1 Å². The molecule has 7 heteroatoms. The number of hydrogen-bond acceptors (Lipinski definition) is 2. The van der Waals surface area contributed by atoms with Crippen molar-refractivity contribution in [3.63, 3.8) is 0 Å². The average molecular weight is 398 g/mol. The van der Waals surface area contributed by atoms with Gasteiger partial charge in [-0.25, -0.2) is 0 Å². The minimum atomic E-state index is -4.53. The van der Waals surface area contributed by atoms with Crippen LogP contribution >= 0.6 is 22.6 Å². The average Bonchev–Trinajstić information content (AvgIpc) is 2.38. The van der Waals surface area contributed by atoms with Crippen molar-refractivity contribution in [1.29, 1.82) is 0 Å². The molecule has 3 nitrogen and oxygen atoms in total. The van der Waals surface area contributed by atoms with E-state index in [1.165, 1.54) is 17.0 Å². The van der Waals surface area contributed by atoms with Crippen molar-refractivity contribution in [2.24, 2.45) is 5.73 Å². The Bertz CT molecular complexity index is 511. The summed E-state index contributed by atoms with van der Waals surface area (Å²) in [5, 5.41) is 0. The molecule has 20 heavy (non-hydrogen) atoms. The number of piperidine rings is 1. The second kappa shape index (κ2) is 5.88. The SMILES string of the molecule is NC1CCN(C(=O)c2ccc(I)cc2C(F)(F)F)CC1. The molecular formula is C13H14F3IN2O. The number of rotatable bonds is 1. The molecule has 0 saturated carbocycles. The van der Waals surface area contributed by atoms with Gasteiger partial charge in [-0.1, -0.05) is 0 Å². The van der Waals surface area contributed by atoms with E-state index in [-0.39, 0.29) is 11.6 Å². The Morgan fingerprint density at radius 1 is 1.30 bits per heavy atom. The van der Waals surface area contributed by atoms with Gasteiger partial charge in [-0.15, -0.1) is 0 Å². The van der Waals surface area contributed by atoms with E-state index in [1.807, 2.05) is 0 Å². The first kappa shape index (κ1) is 15.6. The molecule has 0 aromatic heterocycles. The topological polar surface area (TPSA) is 46.3 Å². The van der Waals surface area contributed by atoms with Gasteiger partial charge in [-0.3, -0.25) is 4.79 Å². The molecule has 1 aliphatic rings. The lowest BCUT2D eigenvalue weighted by molar-refractivity contribution is -0.138. The minimum Gasteiger partial charge on any atom is -0.339 e. The van der Waals surface area contributed by atoms with Gasteiger partial charge in [0.25, 0.3) is 5.91 Å². The number of alkyl halides is 3. The van der Waals surface area contributed by atoms with Crippen molar-refractivity contribution >= 4 is 28.5 Å². The second-order valence-electron chi connectivity index (χ2n) is 4.82. The lowest BCUT2D eigenvalue weighted by Gasteiger charge is -2.31. The van der Waals surface area contributed by atoms with Crippen LogP contribution in [0, 0.1) is 3.57 Å². The number of likely N-dealkylation sites (tertiary alicyclic amines) is 1. The van der Waals surface area contributed by atoms with Gasteiger partial charge in [0.2, 0.25) is 0 Å². The maximum Gasteiger partial charge on any atom is 0.417 e. The van der Waals surface area contributed by atoms with Crippen molar-refractivity contribution in [3.05, 3.63) is 32.9 Å². The molecule has 0 spiro atoms. The number of benzene rings is 1. The van der Waals surface area contributed by atoms with Gasteiger partial charge in [0.05, 0.1) is 11.1 Å². The van der Waals surface area contributed by atoms with Gasteiger partial charge < -0.3 is 10.6 Å². The summed E-state index contributed by atoms with van der Waals surface area (Å²) in [4.78, 5) is 13.7. The highest BCUT2D eigenvalue weighted by Gasteiger charge is 2.36. The van der Waals surface area contributed by atoms with Crippen molar-refractivity contribution < 1.29 is 18.0 Å². The number of nitrogens with zero attached hydrogens (tertiary/aromatic N) is 1. The van der Waals surface area contributed by atoms with Crippen LogP contribution in [0.1, 0.15) is 28.8 Å². The Labute approximate surface area is 128 Å². The molecule has 1 fully saturated rings. The normalized spacial score (nSPS) is 17.4. The fourth-order valence-corrected chi connectivity index (χ4v) is 2.70. The molecule has 1 amide bonds. The third kappa shape index (κ3) is 3.43. The number of halogens is 4. The van der Waals surface area contributed by atoms with E-state index >= 15 is 0 Å². The van der Waals surface area contributed by atoms with Crippen LogP contribution in [0.2, 0.25) is 0 Å².